The monoisotopic (exact) mass is 289 g/mol. The first kappa shape index (κ1) is 12.2. The van der Waals surface area contributed by atoms with E-state index in [4.69, 9.17) is 11.6 Å². The predicted molar refractivity (Wildman–Crippen MR) is 62.0 cm³/mol. The average Bonchev–Trinajstić information content (AvgIpc) is 2.17. The van der Waals surface area contributed by atoms with Crippen molar-refractivity contribution in [1.82, 2.24) is 5.32 Å². The third-order valence-corrected chi connectivity index (χ3v) is 2.61. The van der Waals surface area contributed by atoms with Crippen LogP contribution in [0.5, 0.6) is 0 Å². The van der Waals surface area contributed by atoms with Crippen LogP contribution < -0.4 is 5.32 Å². The predicted octanol–water partition coefficient (Wildman–Crippen LogP) is 2.33. The number of carbonyl (C=O) groups is 2. The van der Waals surface area contributed by atoms with Gasteiger partial charge in [-0.25, -0.2) is 0 Å². The van der Waals surface area contributed by atoms with E-state index >= 15 is 0 Å². The van der Waals surface area contributed by atoms with Crippen molar-refractivity contribution in [3.63, 3.8) is 0 Å². The fourth-order valence-electron chi connectivity index (χ4n) is 1.01. The summed E-state index contributed by atoms with van der Waals surface area (Å²) in [5, 5.41) is 2.14. The lowest BCUT2D eigenvalue weighted by molar-refractivity contribution is -0.111. The van der Waals surface area contributed by atoms with Crippen LogP contribution in [0.3, 0.4) is 0 Å². The molecule has 0 atom stereocenters. The van der Waals surface area contributed by atoms with Gasteiger partial charge in [0.2, 0.25) is 5.24 Å². The Labute approximate surface area is 101 Å². The van der Waals surface area contributed by atoms with E-state index in [2.05, 4.69) is 21.2 Å². The zero-order chi connectivity index (χ0) is 11.3. The van der Waals surface area contributed by atoms with Crippen LogP contribution in [0.2, 0.25) is 0 Å². The quantitative estimate of drug-likeness (QED) is 0.865. The van der Waals surface area contributed by atoms with Gasteiger partial charge in [0.1, 0.15) is 0 Å². The molecule has 0 bridgehead atoms. The van der Waals surface area contributed by atoms with E-state index in [1.807, 2.05) is 6.07 Å². The third kappa shape index (κ3) is 4.01. The fraction of sp³-hybridized carbons (Fsp3) is 0.200. The van der Waals surface area contributed by atoms with Crippen molar-refractivity contribution in [2.75, 3.05) is 6.54 Å². The highest BCUT2D eigenvalue weighted by Crippen LogP contribution is 2.15. The summed E-state index contributed by atoms with van der Waals surface area (Å²) in [5.41, 5.74) is 0.541. The molecule has 5 heteroatoms. The molecule has 0 radical (unpaired) electrons. The van der Waals surface area contributed by atoms with Gasteiger partial charge in [-0.15, -0.1) is 0 Å². The van der Waals surface area contributed by atoms with E-state index in [1.165, 1.54) is 0 Å². The average molecular weight is 291 g/mol. The summed E-state index contributed by atoms with van der Waals surface area (Å²) in [6, 6.07) is 7.07. The van der Waals surface area contributed by atoms with E-state index in [9.17, 15) is 9.59 Å². The number of rotatable bonds is 4. The number of benzene rings is 1. The van der Waals surface area contributed by atoms with Crippen LogP contribution in [0.4, 0.5) is 0 Å². The molecule has 0 unspecified atom stereocenters. The lowest BCUT2D eigenvalue weighted by atomic mass is 10.2. The number of carbonyl (C=O) groups excluding carboxylic acids is 2. The van der Waals surface area contributed by atoms with Crippen molar-refractivity contribution in [3.8, 4) is 0 Å². The molecule has 80 valence electrons. The van der Waals surface area contributed by atoms with Crippen LogP contribution in [0.25, 0.3) is 0 Å². The van der Waals surface area contributed by atoms with Crippen LogP contribution >= 0.6 is 27.5 Å². The standard InChI is InChI=1S/C10H9BrClNO2/c11-8-4-2-1-3-7(8)10(15)13-6-5-9(12)14/h1-4H,5-6H2,(H,13,15). The topological polar surface area (TPSA) is 46.2 Å². The van der Waals surface area contributed by atoms with E-state index in [1.54, 1.807) is 18.2 Å². The SMILES string of the molecule is O=C(Cl)CCNC(=O)c1ccccc1Br. The van der Waals surface area contributed by atoms with Gasteiger partial charge in [-0.2, -0.15) is 0 Å². The lowest BCUT2D eigenvalue weighted by Crippen LogP contribution is -2.25. The zero-order valence-electron chi connectivity index (χ0n) is 7.80. The minimum Gasteiger partial charge on any atom is -0.352 e. The molecule has 0 spiro atoms. The Bertz CT molecular complexity index is 381. The molecule has 0 fully saturated rings. The van der Waals surface area contributed by atoms with Crippen LogP contribution in [0.15, 0.2) is 28.7 Å². The largest absolute Gasteiger partial charge is 0.352 e. The van der Waals surface area contributed by atoms with Gasteiger partial charge in [0.25, 0.3) is 5.91 Å². The molecule has 0 heterocycles. The van der Waals surface area contributed by atoms with Crippen LogP contribution in [-0.2, 0) is 4.79 Å². The Balaban J connectivity index is 2.54. The summed E-state index contributed by atoms with van der Waals surface area (Å²) >= 11 is 8.40. The van der Waals surface area contributed by atoms with E-state index in [0.29, 0.717) is 5.56 Å². The van der Waals surface area contributed by atoms with Crippen LogP contribution in [0.1, 0.15) is 16.8 Å². The molecule has 1 aromatic rings. The van der Waals surface area contributed by atoms with Gasteiger partial charge in [0.15, 0.2) is 0 Å². The van der Waals surface area contributed by atoms with Gasteiger partial charge in [0, 0.05) is 17.4 Å². The summed E-state index contributed by atoms with van der Waals surface area (Å²) in [6.45, 7) is 0.252. The van der Waals surface area contributed by atoms with Crippen LogP contribution in [0, 0.1) is 0 Å². The summed E-state index contributed by atoms with van der Waals surface area (Å²) in [6.07, 6.45) is 0.137. The molecular weight excluding hydrogens is 281 g/mol. The fourth-order valence-corrected chi connectivity index (χ4v) is 1.57. The van der Waals surface area contributed by atoms with Gasteiger partial charge < -0.3 is 5.32 Å². The summed E-state index contributed by atoms with van der Waals surface area (Å²) in [5.74, 6) is -0.222. The van der Waals surface area contributed by atoms with Gasteiger partial charge in [0.05, 0.1) is 5.56 Å². The number of hydrogen-bond donors (Lipinski definition) is 1. The van der Waals surface area contributed by atoms with Gasteiger partial charge >= 0.3 is 0 Å². The molecule has 0 aliphatic rings. The van der Waals surface area contributed by atoms with E-state index in [-0.39, 0.29) is 18.9 Å². The van der Waals surface area contributed by atoms with Crippen molar-refractivity contribution in [2.24, 2.45) is 0 Å². The number of hydrogen-bond acceptors (Lipinski definition) is 2. The van der Waals surface area contributed by atoms with Gasteiger partial charge in [-0.05, 0) is 39.7 Å². The second-order valence-corrected chi connectivity index (χ2v) is 4.12. The van der Waals surface area contributed by atoms with Crippen molar-refractivity contribution in [1.29, 1.82) is 0 Å². The maximum atomic E-state index is 11.6. The van der Waals surface area contributed by atoms with Crippen molar-refractivity contribution in [2.45, 2.75) is 6.42 Å². The second-order valence-electron chi connectivity index (χ2n) is 2.84. The maximum absolute atomic E-state index is 11.6. The molecule has 3 nitrogen and oxygen atoms in total. The Morgan fingerprint density at radius 1 is 1.33 bits per heavy atom. The van der Waals surface area contributed by atoms with Gasteiger partial charge in [-0.1, -0.05) is 12.1 Å². The molecule has 0 saturated heterocycles. The summed E-state index contributed by atoms with van der Waals surface area (Å²) < 4.78 is 0.722. The molecule has 1 amide bonds. The molecule has 0 aliphatic heterocycles. The highest BCUT2D eigenvalue weighted by molar-refractivity contribution is 9.10. The number of amides is 1. The Morgan fingerprint density at radius 2 is 2.00 bits per heavy atom. The smallest absolute Gasteiger partial charge is 0.252 e. The number of nitrogens with one attached hydrogen (secondary N) is 1. The van der Waals surface area contributed by atoms with Crippen LogP contribution in [-0.4, -0.2) is 17.7 Å². The molecule has 1 rings (SSSR count). The lowest BCUT2D eigenvalue weighted by Gasteiger charge is -2.04. The van der Waals surface area contributed by atoms with E-state index < -0.39 is 5.24 Å². The molecular formula is C10H9BrClNO2. The first-order valence-electron chi connectivity index (χ1n) is 4.32. The maximum Gasteiger partial charge on any atom is 0.252 e. The first-order chi connectivity index (χ1) is 7.11. The van der Waals surface area contributed by atoms with E-state index in [0.717, 1.165) is 4.47 Å². The number of halogens is 2. The molecule has 0 saturated carbocycles. The molecule has 0 aromatic heterocycles. The molecule has 15 heavy (non-hydrogen) atoms. The highest BCUT2D eigenvalue weighted by atomic mass is 79.9. The van der Waals surface area contributed by atoms with Crippen molar-refractivity contribution < 1.29 is 9.59 Å². The first-order valence-corrected chi connectivity index (χ1v) is 5.49. The zero-order valence-corrected chi connectivity index (χ0v) is 10.1. The van der Waals surface area contributed by atoms with Crippen molar-refractivity contribution in [3.05, 3.63) is 34.3 Å². The third-order valence-electron chi connectivity index (χ3n) is 1.73. The molecule has 1 aromatic carbocycles. The molecule has 0 aliphatic carbocycles. The van der Waals surface area contributed by atoms with Crippen molar-refractivity contribution >= 4 is 38.7 Å². The minimum absolute atomic E-state index is 0.137. The minimum atomic E-state index is -0.456. The Morgan fingerprint density at radius 3 is 2.60 bits per heavy atom. The summed E-state index contributed by atoms with van der Waals surface area (Å²) in [4.78, 5) is 22.0. The summed E-state index contributed by atoms with van der Waals surface area (Å²) in [7, 11) is 0. The van der Waals surface area contributed by atoms with Gasteiger partial charge in [-0.3, -0.25) is 9.59 Å². The Kier molecular flexibility index (Phi) is 4.78. The Hall–Kier alpha value is -0.870. The highest BCUT2D eigenvalue weighted by Gasteiger charge is 2.08. The normalized spacial score (nSPS) is 9.73. The second kappa shape index (κ2) is 5.88. The molecule has 1 N–H and O–H groups in total.